The Bertz CT molecular complexity index is 1570. The molecule has 0 spiro atoms. The molecule has 0 bridgehead atoms. The van der Waals surface area contributed by atoms with E-state index in [1.807, 2.05) is 43.3 Å². The van der Waals surface area contributed by atoms with E-state index in [2.05, 4.69) is 5.32 Å². The first kappa shape index (κ1) is 24.2. The fourth-order valence-electron chi connectivity index (χ4n) is 5.29. The number of rotatable bonds is 5. The van der Waals surface area contributed by atoms with Crippen LogP contribution in [0, 0.1) is 12.8 Å². The molecule has 8 heteroatoms. The van der Waals surface area contributed by atoms with Gasteiger partial charge in [0.05, 0.1) is 12.7 Å². The Kier molecular flexibility index (Phi) is 5.62. The molecule has 1 heterocycles. The quantitative estimate of drug-likeness (QED) is 0.514. The number of nitrogens with one attached hydrogen (secondary N) is 1. The van der Waals surface area contributed by atoms with Gasteiger partial charge in [0.2, 0.25) is 0 Å². The highest BCUT2D eigenvalue weighted by atomic mass is 16.5. The summed E-state index contributed by atoms with van der Waals surface area (Å²) in [6, 6.07) is 13.1. The fraction of sp³-hybridized carbons (Fsp3) is 0.241. The molecule has 37 heavy (non-hydrogen) atoms. The van der Waals surface area contributed by atoms with Crippen LogP contribution in [0.4, 0.5) is 0 Å². The van der Waals surface area contributed by atoms with Gasteiger partial charge in [-0.05, 0) is 42.7 Å². The first-order chi connectivity index (χ1) is 17.6. The molecule has 0 aromatic heterocycles. The molecular weight excluding hydrogens is 474 g/mol. The number of carbonyl (C=O) groups is 4. The number of benzene rings is 3. The predicted octanol–water partition coefficient (Wildman–Crippen LogP) is 3.68. The molecule has 2 N–H and O–H groups in total. The minimum atomic E-state index is -1.61. The third-order valence-electron chi connectivity index (χ3n) is 7.30. The van der Waals surface area contributed by atoms with E-state index >= 15 is 0 Å². The largest absolute Gasteiger partial charge is 0.507 e. The number of aromatic hydroxyl groups is 1. The van der Waals surface area contributed by atoms with Gasteiger partial charge in [-0.1, -0.05) is 36.4 Å². The summed E-state index contributed by atoms with van der Waals surface area (Å²) in [7, 11) is 1.34. The van der Waals surface area contributed by atoms with Gasteiger partial charge in [0.15, 0.2) is 17.3 Å². The summed E-state index contributed by atoms with van der Waals surface area (Å²) in [6.45, 7) is 4.81. The minimum absolute atomic E-state index is 0.0230. The molecular formula is C29H25NO7. The number of hydrogen-bond acceptors (Lipinski definition) is 7. The van der Waals surface area contributed by atoms with Crippen LogP contribution in [0.15, 0.2) is 54.3 Å². The topological polar surface area (TPSA) is 119 Å². The highest BCUT2D eigenvalue weighted by Crippen LogP contribution is 2.56. The number of ketones is 3. The van der Waals surface area contributed by atoms with Gasteiger partial charge in [-0.3, -0.25) is 19.2 Å². The van der Waals surface area contributed by atoms with E-state index in [1.54, 1.807) is 0 Å². The van der Waals surface area contributed by atoms with Gasteiger partial charge in [0.1, 0.15) is 39.9 Å². The highest BCUT2D eigenvalue weighted by Gasteiger charge is 2.58. The highest BCUT2D eigenvalue weighted by molar-refractivity contribution is 6.27. The van der Waals surface area contributed by atoms with Crippen LogP contribution in [-0.4, -0.2) is 35.5 Å². The first-order valence-corrected chi connectivity index (χ1v) is 11.8. The van der Waals surface area contributed by atoms with E-state index < -0.39 is 34.6 Å². The van der Waals surface area contributed by atoms with Gasteiger partial charge >= 0.3 is 0 Å². The van der Waals surface area contributed by atoms with E-state index in [-0.39, 0.29) is 40.7 Å². The van der Waals surface area contributed by atoms with Crippen LogP contribution in [0.1, 0.15) is 40.9 Å². The predicted molar refractivity (Wildman–Crippen MR) is 135 cm³/mol. The Balaban J connectivity index is 1.59. The molecule has 3 aromatic rings. The van der Waals surface area contributed by atoms with Gasteiger partial charge in [-0.15, -0.1) is 0 Å². The van der Waals surface area contributed by atoms with Crippen molar-refractivity contribution < 1.29 is 33.8 Å². The molecule has 0 saturated carbocycles. The molecule has 8 nitrogen and oxygen atoms in total. The van der Waals surface area contributed by atoms with Gasteiger partial charge in [0.25, 0.3) is 5.91 Å². The Hall–Kier alpha value is -4.46. The summed E-state index contributed by atoms with van der Waals surface area (Å²) >= 11 is 0. The number of ether oxygens (including phenoxy) is 2. The van der Waals surface area contributed by atoms with Crippen molar-refractivity contribution in [2.75, 3.05) is 7.11 Å². The number of hydrogen-bond donors (Lipinski definition) is 2. The summed E-state index contributed by atoms with van der Waals surface area (Å²) in [5.41, 5.74) is 0.326. The molecule has 1 aliphatic carbocycles. The summed E-state index contributed by atoms with van der Waals surface area (Å²) in [5.74, 6) is -4.49. The lowest BCUT2D eigenvalue weighted by molar-refractivity contribution is -0.140. The Labute approximate surface area is 212 Å². The lowest BCUT2D eigenvalue weighted by Crippen LogP contribution is -2.47. The second-order valence-electron chi connectivity index (χ2n) is 9.49. The maximum atomic E-state index is 13.6. The van der Waals surface area contributed by atoms with Crippen molar-refractivity contribution in [1.82, 2.24) is 5.32 Å². The Morgan fingerprint density at radius 2 is 1.89 bits per heavy atom. The average molecular weight is 500 g/mol. The molecule has 1 amide bonds. The third kappa shape index (κ3) is 3.51. The number of methoxy groups -OCH3 is 1. The van der Waals surface area contributed by atoms with Crippen LogP contribution in [0.25, 0.3) is 10.8 Å². The number of allylic oxidation sites excluding steroid dienone is 2. The molecule has 1 unspecified atom stereocenters. The molecule has 0 fully saturated rings. The third-order valence-corrected chi connectivity index (χ3v) is 7.30. The number of phenolic OH excluding ortho intramolecular Hbond substituents is 1. The van der Waals surface area contributed by atoms with E-state index in [0.717, 1.165) is 28.0 Å². The van der Waals surface area contributed by atoms with E-state index in [0.29, 0.717) is 0 Å². The van der Waals surface area contributed by atoms with Gasteiger partial charge in [-0.2, -0.15) is 0 Å². The molecule has 5 rings (SSSR count). The van der Waals surface area contributed by atoms with E-state index in [9.17, 15) is 24.3 Å². The molecule has 0 radical (unpaired) electrons. The van der Waals surface area contributed by atoms with Crippen LogP contribution >= 0.6 is 0 Å². The van der Waals surface area contributed by atoms with Crippen molar-refractivity contribution >= 4 is 34.0 Å². The summed E-state index contributed by atoms with van der Waals surface area (Å²) in [6.07, 6.45) is 1.10. The zero-order chi connectivity index (χ0) is 26.6. The van der Waals surface area contributed by atoms with Gasteiger partial charge in [-0.25, -0.2) is 0 Å². The number of carbonyl (C=O) groups excluding carboxylic acids is 4. The van der Waals surface area contributed by atoms with Crippen molar-refractivity contribution in [2.24, 2.45) is 5.92 Å². The maximum Gasteiger partial charge on any atom is 0.259 e. The lowest BCUT2D eigenvalue weighted by atomic mass is 9.67. The van der Waals surface area contributed by atoms with Crippen LogP contribution < -0.4 is 14.8 Å². The zero-order valence-electron chi connectivity index (χ0n) is 20.8. The van der Waals surface area contributed by atoms with Gasteiger partial charge < -0.3 is 19.9 Å². The standard InChI is InChI=1S/C29H25NO7/c1-14-9-10-16-7-5-6-8-17(16)18(14)13-30-28(35)24-21(36-4)11-20(33)25-26(24)37-22-12-19(32)23(15(2)31)27(34)29(22,25)3/h5-12,23,33H,13H2,1-4H3,(H,30,35)/t23?,29-/m1/s1. The Morgan fingerprint density at radius 1 is 1.16 bits per heavy atom. The van der Waals surface area contributed by atoms with Crippen LogP contribution in [-0.2, 0) is 26.3 Å². The maximum absolute atomic E-state index is 13.6. The van der Waals surface area contributed by atoms with Crippen molar-refractivity contribution in [1.29, 1.82) is 0 Å². The van der Waals surface area contributed by atoms with Crippen molar-refractivity contribution in [3.63, 3.8) is 0 Å². The Morgan fingerprint density at radius 3 is 2.59 bits per heavy atom. The minimum Gasteiger partial charge on any atom is -0.507 e. The number of fused-ring (bicyclic) bond motifs is 4. The second kappa shape index (κ2) is 8.58. The summed E-state index contributed by atoms with van der Waals surface area (Å²) in [4.78, 5) is 51.6. The number of amides is 1. The zero-order valence-corrected chi connectivity index (χ0v) is 20.8. The SMILES string of the molecule is COc1cc(O)c2c(c1C(=O)NCc1c(C)ccc3ccccc13)OC1=CC(=O)C(C(C)=O)C(=O)[C@]12C. The smallest absolute Gasteiger partial charge is 0.259 e. The van der Waals surface area contributed by atoms with Crippen LogP contribution in [0.3, 0.4) is 0 Å². The molecule has 2 atom stereocenters. The molecule has 1 aliphatic heterocycles. The molecule has 0 saturated heterocycles. The number of phenols is 1. The van der Waals surface area contributed by atoms with E-state index in [1.165, 1.54) is 27.0 Å². The fourth-order valence-corrected chi connectivity index (χ4v) is 5.29. The number of Topliss-reactive ketones (excluding diaryl/α,β-unsaturated/α-hetero) is 2. The van der Waals surface area contributed by atoms with Crippen molar-refractivity contribution in [3.8, 4) is 17.2 Å². The van der Waals surface area contributed by atoms with Crippen molar-refractivity contribution in [3.05, 3.63) is 76.6 Å². The van der Waals surface area contributed by atoms with Crippen LogP contribution in [0.5, 0.6) is 17.2 Å². The summed E-state index contributed by atoms with van der Waals surface area (Å²) in [5, 5.41) is 15.8. The number of aryl methyl sites for hydroxylation is 1. The molecule has 2 aliphatic rings. The van der Waals surface area contributed by atoms with E-state index in [4.69, 9.17) is 9.47 Å². The second-order valence-corrected chi connectivity index (χ2v) is 9.49. The normalized spacial score (nSPS) is 20.1. The first-order valence-electron chi connectivity index (χ1n) is 11.8. The lowest BCUT2D eigenvalue weighted by Gasteiger charge is -2.30. The monoisotopic (exact) mass is 499 g/mol. The average Bonchev–Trinajstić information content (AvgIpc) is 3.16. The van der Waals surface area contributed by atoms with Crippen molar-refractivity contribution in [2.45, 2.75) is 32.7 Å². The summed E-state index contributed by atoms with van der Waals surface area (Å²) < 4.78 is 11.3. The van der Waals surface area contributed by atoms with Gasteiger partial charge in [0, 0.05) is 18.7 Å². The van der Waals surface area contributed by atoms with Crippen LogP contribution in [0.2, 0.25) is 0 Å². The molecule has 3 aromatic carbocycles. The molecule has 188 valence electrons.